The molecule has 0 amide bonds. The Morgan fingerprint density at radius 1 is 1.22 bits per heavy atom. The van der Waals surface area contributed by atoms with Crippen LogP contribution < -0.4 is 5.32 Å². The molecule has 0 aliphatic carbocycles. The Morgan fingerprint density at radius 2 is 1.85 bits per heavy atom. The Labute approximate surface area is 160 Å². The number of alkyl halides is 3. The van der Waals surface area contributed by atoms with Crippen molar-refractivity contribution in [2.75, 3.05) is 52.1 Å². The van der Waals surface area contributed by atoms with Gasteiger partial charge in [-0.05, 0) is 52.1 Å². The quantitative estimate of drug-likeness (QED) is 0.563. The fourth-order valence-corrected chi connectivity index (χ4v) is 5.10. The number of rotatable bonds is 4. The summed E-state index contributed by atoms with van der Waals surface area (Å²) in [4.78, 5) is 7.70. The van der Waals surface area contributed by atoms with E-state index >= 15 is 0 Å². The van der Waals surface area contributed by atoms with E-state index in [-0.39, 0.29) is 5.75 Å². The van der Waals surface area contributed by atoms with Crippen LogP contribution in [0.2, 0.25) is 0 Å². The molecule has 10 heteroatoms. The summed E-state index contributed by atoms with van der Waals surface area (Å²) in [6.45, 7) is 5.10. The van der Waals surface area contributed by atoms with Crippen molar-refractivity contribution >= 4 is 15.8 Å². The Bertz CT molecular complexity index is 627. The fourth-order valence-electron chi connectivity index (χ4n) is 3.73. The van der Waals surface area contributed by atoms with Crippen LogP contribution in [0.25, 0.3) is 0 Å². The van der Waals surface area contributed by atoms with Crippen LogP contribution in [0.1, 0.15) is 33.1 Å². The monoisotopic (exact) mass is 412 g/mol. The van der Waals surface area contributed by atoms with Gasteiger partial charge in [-0.25, -0.2) is 8.42 Å². The van der Waals surface area contributed by atoms with Crippen molar-refractivity contribution in [1.82, 2.24) is 15.1 Å². The second-order valence-electron chi connectivity index (χ2n) is 8.10. The third-order valence-electron chi connectivity index (χ3n) is 5.50. The number of guanidine groups is 1. The van der Waals surface area contributed by atoms with E-state index in [0.717, 1.165) is 19.3 Å². The Morgan fingerprint density at radius 3 is 2.37 bits per heavy atom. The van der Waals surface area contributed by atoms with Gasteiger partial charge in [-0.3, -0.25) is 9.89 Å². The molecule has 0 radical (unpaired) electrons. The number of hydrogen-bond donors (Lipinski definition) is 1. The molecule has 0 atom stereocenters. The van der Waals surface area contributed by atoms with Gasteiger partial charge in [0, 0.05) is 26.7 Å². The first-order valence-electron chi connectivity index (χ1n) is 9.40. The molecule has 2 heterocycles. The average molecular weight is 413 g/mol. The van der Waals surface area contributed by atoms with Crippen LogP contribution in [-0.4, -0.2) is 87.2 Å². The van der Waals surface area contributed by atoms with Crippen molar-refractivity contribution < 1.29 is 21.6 Å². The summed E-state index contributed by atoms with van der Waals surface area (Å²) in [5, 5.41) is 3.29. The lowest BCUT2D eigenvalue weighted by Gasteiger charge is -2.39. The van der Waals surface area contributed by atoms with E-state index in [2.05, 4.69) is 10.3 Å². The zero-order valence-corrected chi connectivity index (χ0v) is 17.2. The van der Waals surface area contributed by atoms with E-state index in [1.54, 1.807) is 20.9 Å². The first-order valence-corrected chi connectivity index (χ1v) is 11.1. The van der Waals surface area contributed by atoms with Crippen LogP contribution in [0.15, 0.2) is 4.99 Å². The second-order valence-corrected chi connectivity index (χ2v) is 10.8. The van der Waals surface area contributed by atoms with Crippen molar-refractivity contribution in [1.29, 1.82) is 0 Å². The maximum Gasteiger partial charge on any atom is 0.401 e. The normalized spacial score (nSPS) is 24.8. The van der Waals surface area contributed by atoms with Gasteiger partial charge in [-0.2, -0.15) is 13.2 Å². The van der Waals surface area contributed by atoms with Crippen molar-refractivity contribution in [2.24, 2.45) is 10.9 Å². The number of likely N-dealkylation sites (tertiary alicyclic amines) is 1. The molecule has 2 aliphatic rings. The van der Waals surface area contributed by atoms with Gasteiger partial charge < -0.3 is 10.2 Å². The van der Waals surface area contributed by atoms with Crippen LogP contribution in [0, 0.1) is 5.92 Å². The van der Waals surface area contributed by atoms with Crippen LogP contribution >= 0.6 is 0 Å². The van der Waals surface area contributed by atoms with E-state index in [9.17, 15) is 21.6 Å². The third-order valence-corrected chi connectivity index (χ3v) is 8.03. The van der Waals surface area contributed by atoms with Gasteiger partial charge >= 0.3 is 6.18 Å². The minimum atomic E-state index is -4.13. The zero-order chi connectivity index (χ0) is 20.3. The second kappa shape index (κ2) is 8.55. The molecule has 0 aromatic carbocycles. The fraction of sp³-hybridized carbons (Fsp3) is 0.941. The summed E-state index contributed by atoms with van der Waals surface area (Å²) in [7, 11) is -1.43. The van der Waals surface area contributed by atoms with Crippen molar-refractivity contribution in [2.45, 2.75) is 44.0 Å². The molecule has 2 aliphatic heterocycles. The molecule has 158 valence electrons. The predicted molar refractivity (Wildman–Crippen MR) is 101 cm³/mol. The largest absolute Gasteiger partial charge is 0.401 e. The van der Waals surface area contributed by atoms with Gasteiger partial charge in [0.15, 0.2) is 15.8 Å². The molecular weight excluding hydrogens is 381 g/mol. The van der Waals surface area contributed by atoms with Crippen LogP contribution in [0.3, 0.4) is 0 Å². The number of hydrogen-bond acceptors (Lipinski definition) is 4. The van der Waals surface area contributed by atoms with Gasteiger partial charge in [0.2, 0.25) is 0 Å². The minimum absolute atomic E-state index is 0.109. The molecule has 2 rings (SSSR count). The van der Waals surface area contributed by atoms with E-state index in [1.807, 2.05) is 4.90 Å². The molecule has 0 unspecified atom stereocenters. The maximum absolute atomic E-state index is 12.4. The van der Waals surface area contributed by atoms with E-state index in [0.29, 0.717) is 44.6 Å². The maximum atomic E-state index is 12.4. The smallest absolute Gasteiger partial charge is 0.356 e. The number of halogens is 3. The van der Waals surface area contributed by atoms with Gasteiger partial charge in [-0.1, -0.05) is 0 Å². The standard InChI is InChI=1S/C17H31F3N4O2S/c1-16(2)12-24(10-11-27(16,25)26)15(21-3)22-7-4-14-5-8-23(9-6-14)13-17(18,19)20/h14H,4-13H2,1-3H3,(H,21,22). The van der Waals surface area contributed by atoms with Crippen LogP contribution in [0.5, 0.6) is 0 Å². The highest BCUT2D eigenvalue weighted by molar-refractivity contribution is 7.92. The summed E-state index contributed by atoms with van der Waals surface area (Å²) < 4.78 is 60.8. The molecule has 0 aromatic heterocycles. The molecule has 6 nitrogen and oxygen atoms in total. The SMILES string of the molecule is CN=C(NCCC1CCN(CC(F)(F)F)CC1)N1CCS(=O)(=O)C(C)(C)C1. The van der Waals surface area contributed by atoms with E-state index in [1.165, 1.54) is 4.90 Å². The first kappa shape index (κ1) is 22.3. The molecule has 1 N–H and O–H groups in total. The lowest BCUT2D eigenvalue weighted by molar-refractivity contribution is -0.148. The average Bonchev–Trinajstić information content (AvgIpc) is 2.54. The Balaban J connectivity index is 1.75. The summed E-state index contributed by atoms with van der Waals surface area (Å²) in [6, 6.07) is 0. The molecule has 0 spiro atoms. The predicted octanol–water partition coefficient (Wildman–Crippen LogP) is 1.74. The molecule has 27 heavy (non-hydrogen) atoms. The number of nitrogens with zero attached hydrogens (tertiary/aromatic N) is 3. The lowest BCUT2D eigenvalue weighted by atomic mass is 9.93. The Kier molecular flexibility index (Phi) is 7.05. The van der Waals surface area contributed by atoms with Crippen molar-refractivity contribution in [3.63, 3.8) is 0 Å². The van der Waals surface area contributed by atoms with Gasteiger partial charge in [0.05, 0.1) is 17.0 Å². The summed E-state index contributed by atoms with van der Waals surface area (Å²) in [6.07, 6.45) is -1.72. The molecule has 0 aromatic rings. The minimum Gasteiger partial charge on any atom is -0.356 e. The highest BCUT2D eigenvalue weighted by Crippen LogP contribution is 2.25. The molecule has 0 bridgehead atoms. The third kappa shape index (κ3) is 6.23. The zero-order valence-electron chi connectivity index (χ0n) is 16.3. The van der Waals surface area contributed by atoms with Crippen molar-refractivity contribution in [3.05, 3.63) is 0 Å². The lowest BCUT2D eigenvalue weighted by Crippen LogP contribution is -2.57. The summed E-state index contributed by atoms with van der Waals surface area (Å²) >= 11 is 0. The number of aliphatic imine (C=N–C) groups is 1. The highest BCUT2D eigenvalue weighted by Gasteiger charge is 2.41. The number of piperidine rings is 1. The topological polar surface area (TPSA) is 65.0 Å². The summed E-state index contributed by atoms with van der Waals surface area (Å²) in [5.41, 5.74) is 0. The Hall–Kier alpha value is -1.03. The first-order chi connectivity index (χ1) is 12.4. The van der Waals surface area contributed by atoms with Crippen LogP contribution in [0.4, 0.5) is 13.2 Å². The molecule has 2 saturated heterocycles. The molecule has 0 saturated carbocycles. The van der Waals surface area contributed by atoms with Crippen LogP contribution in [-0.2, 0) is 9.84 Å². The summed E-state index contributed by atoms with van der Waals surface area (Å²) in [5.74, 6) is 1.20. The van der Waals surface area contributed by atoms with E-state index < -0.39 is 27.3 Å². The highest BCUT2D eigenvalue weighted by atomic mass is 32.2. The van der Waals surface area contributed by atoms with Gasteiger partial charge in [0.25, 0.3) is 0 Å². The van der Waals surface area contributed by atoms with Crippen molar-refractivity contribution in [3.8, 4) is 0 Å². The van der Waals surface area contributed by atoms with E-state index in [4.69, 9.17) is 0 Å². The van der Waals surface area contributed by atoms with Gasteiger partial charge in [0.1, 0.15) is 0 Å². The number of sulfone groups is 1. The molecule has 2 fully saturated rings. The molecular formula is C17H31F3N4O2S. The van der Waals surface area contributed by atoms with Gasteiger partial charge in [-0.15, -0.1) is 0 Å². The number of nitrogens with one attached hydrogen (secondary N) is 1.